The van der Waals surface area contributed by atoms with E-state index in [1.807, 2.05) is 23.5 Å². The molecule has 9 heavy (non-hydrogen) atoms. The van der Waals surface area contributed by atoms with Crippen LogP contribution in [0.25, 0.3) is 0 Å². The second-order valence-corrected chi connectivity index (χ2v) is 2.22. The Bertz CT molecular complexity index is 191. The summed E-state index contributed by atoms with van der Waals surface area (Å²) < 4.78 is 0. The molecule has 1 unspecified atom stereocenters. The van der Waals surface area contributed by atoms with Gasteiger partial charge in [-0.2, -0.15) is 5.10 Å². The van der Waals surface area contributed by atoms with Crippen LogP contribution in [0.2, 0.25) is 0 Å². The molecule has 0 aliphatic carbocycles. The third-order valence-electron chi connectivity index (χ3n) is 1.59. The number of nitrogens with zero attached hydrogens (tertiary/aromatic N) is 2. The Labute approximate surface area is 54.2 Å². The van der Waals surface area contributed by atoms with Crippen LogP contribution >= 0.6 is 0 Å². The summed E-state index contributed by atoms with van der Waals surface area (Å²) in [7, 11) is 0. The highest BCUT2D eigenvalue weighted by Gasteiger charge is 2.15. The molecule has 46 valence electrons. The molecule has 0 fully saturated rings. The highest BCUT2D eigenvalue weighted by molar-refractivity contribution is 5.72. The van der Waals surface area contributed by atoms with E-state index in [0.29, 0.717) is 6.04 Å². The summed E-state index contributed by atoms with van der Waals surface area (Å²) in [6.07, 6.45) is 11.2. The zero-order valence-corrected chi connectivity index (χ0v) is 5.07. The van der Waals surface area contributed by atoms with E-state index < -0.39 is 0 Å². The third kappa shape index (κ3) is 0.669. The molecule has 0 aromatic carbocycles. The molecule has 0 bridgehead atoms. The molecular weight excluding hydrogens is 112 g/mol. The lowest BCUT2D eigenvalue weighted by Crippen LogP contribution is -2.21. The van der Waals surface area contributed by atoms with Crippen molar-refractivity contribution in [3.05, 3.63) is 24.4 Å². The maximum atomic E-state index is 4.13. The fraction of sp³-hybridized carbons (Fsp3) is 0.286. The molecule has 2 nitrogen and oxygen atoms in total. The second kappa shape index (κ2) is 1.72. The van der Waals surface area contributed by atoms with Crippen LogP contribution in [0.4, 0.5) is 0 Å². The van der Waals surface area contributed by atoms with Gasteiger partial charge >= 0.3 is 0 Å². The van der Waals surface area contributed by atoms with Crippen molar-refractivity contribution in [1.82, 2.24) is 5.01 Å². The van der Waals surface area contributed by atoms with Gasteiger partial charge in [-0.3, -0.25) is 5.01 Å². The minimum Gasteiger partial charge on any atom is -0.266 e. The number of hydrogen-bond donors (Lipinski definition) is 0. The summed E-state index contributed by atoms with van der Waals surface area (Å²) in [6.45, 7) is 0. The summed E-state index contributed by atoms with van der Waals surface area (Å²) in [6, 6.07) is 0.509. The summed E-state index contributed by atoms with van der Waals surface area (Å²) in [5.74, 6) is 0. The second-order valence-electron chi connectivity index (χ2n) is 2.22. The van der Waals surface area contributed by atoms with Gasteiger partial charge in [0, 0.05) is 12.4 Å². The third-order valence-corrected chi connectivity index (χ3v) is 1.59. The Hall–Kier alpha value is -1.05. The fourth-order valence-corrected chi connectivity index (χ4v) is 1.11. The normalized spacial score (nSPS) is 29.3. The van der Waals surface area contributed by atoms with Crippen molar-refractivity contribution in [2.45, 2.75) is 12.5 Å². The van der Waals surface area contributed by atoms with E-state index in [1.165, 1.54) is 0 Å². The molecule has 1 atom stereocenters. The first-order chi connectivity index (χ1) is 4.47. The zero-order valence-electron chi connectivity index (χ0n) is 5.07. The van der Waals surface area contributed by atoms with Gasteiger partial charge in [-0.15, -0.1) is 0 Å². The van der Waals surface area contributed by atoms with Crippen LogP contribution in [0.5, 0.6) is 0 Å². The minimum atomic E-state index is 0.509. The van der Waals surface area contributed by atoms with Crippen molar-refractivity contribution in [1.29, 1.82) is 0 Å². The van der Waals surface area contributed by atoms with Crippen molar-refractivity contribution in [2.24, 2.45) is 5.10 Å². The van der Waals surface area contributed by atoms with Crippen LogP contribution in [0.15, 0.2) is 29.5 Å². The van der Waals surface area contributed by atoms with Crippen LogP contribution in [0.3, 0.4) is 0 Å². The predicted molar refractivity (Wildman–Crippen MR) is 37.0 cm³/mol. The minimum absolute atomic E-state index is 0.509. The van der Waals surface area contributed by atoms with Gasteiger partial charge in [0.05, 0.1) is 6.04 Å². The van der Waals surface area contributed by atoms with Crippen molar-refractivity contribution in [3.63, 3.8) is 0 Å². The van der Waals surface area contributed by atoms with Gasteiger partial charge in [0.1, 0.15) is 0 Å². The number of hydrazone groups is 1. The maximum Gasteiger partial charge on any atom is 0.0737 e. The fourth-order valence-electron chi connectivity index (χ4n) is 1.11. The monoisotopic (exact) mass is 120 g/mol. The first-order valence-electron chi connectivity index (χ1n) is 3.12. The molecule has 0 N–H and O–H groups in total. The molecule has 0 aromatic rings. The van der Waals surface area contributed by atoms with Gasteiger partial charge in [0.2, 0.25) is 0 Å². The molecule has 0 aromatic heterocycles. The Balaban J connectivity index is 2.25. The smallest absolute Gasteiger partial charge is 0.0737 e. The van der Waals surface area contributed by atoms with Gasteiger partial charge in [-0.05, 0) is 12.5 Å². The topological polar surface area (TPSA) is 15.6 Å². The largest absolute Gasteiger partial charge is 0.266 e. The molecule has 0 amide bonds. The quantitative estimate of drug-likeness (QED) is 0.468. The summed E-state index contributed by atoms with van der Waals surface area (Å²) in [5.41, 5.74) is 0. The molecular formula is C7H8N2. The van der Waals surface area contributed by atoms with Crippen LogP contribution in [0.1, 0.15) is 6.42 Å². The summed E-state index contributed by atoms with van der Waals surface area (Å²) in [4.78, 5) is 0. The van der Waals surface area contributed by atoms with E-state index in [9.17, 15) is 0 Å². The molecule has 0 spiro atoms. The van der Waals surface area contributed by atoms with E-state index >= 15 is 0 Å². The lowest BCUT2D eigenvalue weighted by molar-refractivity contribution is 0.362. The molecule has 2 aliphatic rings. The first-order valence-corrected chi connectivity index (χ1v) is 3.12. The van der Waals surface area contributed by atoms with Crippen LogP contribution < -0.4 is 0 Å². The average molecular weight is 120 g/mol. The lowest BCUT2D eigenvalue weighted by Gasteiger charge is -2.18. The van der Waals surface area contributed by atoms with Crippen molar-refractivity contribution in [3.8, 4) is 0 Å². The van der Waals surface area contributed by atoms with Gasteiger partial charge in [-0.1, -0.05) is 12.2 Å². The van der Waals surface area contributed by atoms with Crippen molar-refractivity contribution < 1.29 is 0 Å². The maximum absolute atomic E-state index is 4.13. The number of fused-ring (bicyclic) bond motifs is 1. The SMILES string of the molecule is C1=CC2CC=CN2N=C1. The Kier molecular flexibility index (Phi) is 0.918. The highest BCUT2D eigenvalue weighted by Crippen LogP contribution is 2.17. The molecule has 0 radical (unpaired) electrons. The van der Waals surface area contributed by atoms with Gasteiger partial charge in [-0.25, -0.2) is 0 Å². The standard InChI is InChI=1S/C7H8N2/c1-3-7-4-2-6-9(7)8-5-1/h1-3,5-7H,4H2. The van der Waals surface area contributed by atoms with E-state index in [2.05, 4.69) is 17.3 Å². The predicted octanol–water partition coefficient (Wildman–Crippen LogP) is 1.13. The molecule has 2 heteroatoms. The van der Waals surface area contributed by atoms with E-state index in [0.717, 1.165) is 6.42 Å². The number of rotatable bonds is 0. The zero-order chi connectivity index (χ0) is 6.10. The molecule has 2 heterocycles. The highest BCUT2D eigenvalue weighted by atomic mass is 15.5. The molecule has 2 aliphatic heterocycles. The van der Waals surface area contributed by atoms with Gasteiger partial charge in [0.25, 0.3) is 0 Å². The summed E-state index contributed by atoms with van der Waals surface area (Å²) in [5, 5.41) is 6.10. The molecule has 2 rings (SSSR count). The van der Waals surface area contributed by atoms with E-state index in [4.69, 9.17) is 0 Å². The number of allylic oxidation sites excluding steroid dienone is 1. The number of hydrogen-bond acceptors (Lipinski definition) is 2. The Morgan fingerprint density at radius 1 is 1.56 bits per heavy atom. The van der Waals surface area contributed by atoms with E-state index in [-0.39, 0.29) is 0 Å². The van der Waals surface area contributed by atoms with Crippen LogP contribution in [0, 0.1) is 0 Å². The first kappa shape index (κ1) is 4.79. The average Bonchev–Trinajstić information content (AvgIpc) is 2.33. The Morgan fingerprint density at radius 2 is 2.56 bits per heavy atom. The van der Waals surface area contributed by atoms with Crippen LogP contribution in [-0.2, 0) is 0 Å². The lowest BCUT2D eigenvalue weighted by atomic mass is 10.2. The van der Waals surface area contributed by atoms with Gasteiger partial charge in [0.15, 0.2) is 0 Å². The Morgan fingerprint density at radius 3 is 3.44 bits per heavy atom. The molecule has 0 saturated heterocycles. The van der Waals surface area contributed by atoms with E-state index in [1.54, 1.807) is 0 Å². The van der Waals surface area contributed by atoms with Crippen molar-refractivity contribution >= 4 is 6.21 Å². The summed E-state index contributed by atoms with van der Waals surface area (Å²) >= 11 is 0. The van der Waals surface area contributed by atoms with Gasteiger partial charge < -0.3 is 0 Å². The van der Waals surface area contributed by atoms with Crippen molar-refractivity contribution in [2.75, 3.05) is 0 Å². The molecule has 0 saturated carbocycles. The van der Waals surface area contributed by atoms with Crippen LogP contribution in [-0.4, -0.2) is 17.3 Å².